The zero-order valence-corrected chi connectivity index (χ0v) is 12.1. The van der Waals surface area contributed by atoms with Gasteiger partial charge in [-0.25, -0.2) is 0 Å². The van der Waals surface area contributed by atoms with E-state index >= 15 is 0 Å². The highest BCUT2D eigenvalue weighted by Gasteiger charge is 2.73. The highest BCUT2D eigenvalue weighted by atomic mass is 32.2. The molecule has 2 fully saturated rings. The second-order valence-corrected chi connectivity index (χ2v) is 8.12. The van der Waals surface area contributed by atoms with E-state index < -0.39 is 21.0 Å². The molecule has 100 valence electrons. The molecule has 3 rings (SSSR count). The molecule has 0 N–H and O–H groups in total. The molecule has 0 spiro atoms. The molecule has 6 atom stereocenters. The van der Waals surface area contributed by atoms with Gasteiger partial charge in [-0.3, -0.25) is 8.98 Å². The fourth-order valence-corrected chi connectivity index (χ4v) is 6.10. The van der Waals surface area contributed by atoms with Crippen LogP contribution >= 0.6 is 11.8 Å². The molecule has 0 amide bonds. The number of carbonyl (C=O) groups is 1. The molecular formula is C12H16O4S2. The van der Waals surface area contributed by atoms with Crippen molar-refractivity contribution in [2.45, 2.75) is 17.8 Å². The van der Waals surface area contributed by atoms with Crippen LogP contribution in [0.15, 0.2) is 12.2 Å². The summed E-state index contributed by atoms with van der Waals surface area (Å²) in [6.45, 7) is 2.03. The summed E-state index contributed by atoms with van der Waals surface area (Å²) in [6.07, 6.45) is 6.44. The zero-order valence-electron chi connectivity index (χ0n) is 10.5. The predicted molar refractivity (Wildman–Crippen MR) is 69.7 cm³/mol. The van der Waals surface area contributed by atoms with Crippen LogP contribution in [0.5, 0.6) is 0 Å². The van der Waals surface area contributed by atoms with Crippen molar-refractivity contribution in [3.05, 3.63) is 12.2 Å². The first kappa shape index (κ1) is 12.7. The van der Waals surface area contributed by atoms with E-state index in [2.05, 4.69) is 6.08 Å². The number of hydrogen-bond donors (Lipinski definition) is 0. The first-order chi connectivity index (χ1) is 8.33. The summed E-state index contributed by atoms with van der Waals surface area (Å²) < 4.78 is 27.5. The predicted octanol–water partition coefficient (Wildman–Crippen LogP) is 1.08. The number of allylic oxidation sites excluding steroid dienone is 2. The lowest BCUT2D eigenvalue weighted by Gasteiger charge is -2.33. The Hall–Kier alpha value is -0.330. The van der Waals surface area contributed by atoms with Gasteiger partial charge in [-0.05, 0) is 18.1 Å². The first-order valence-electron chi connectivity index (χ1n) is 5.99. The summed E-state index contributed by atoms with van der Waals surface area (Å²) in [4.78, 5) is 12.5. The van der Waals surface area contributed by atoms with Gasteiger partial charge in [-0.2, -0.15) is 8.42 Å². The van der Waals surface area contributed by atoms with Crippen LogP contribution in [-0.4, -0.2) is 37.6 Å². The Morgan fingerprint density at radius 2 is 2.06 bits per heavy atom. The lowest BCUT2D eigenvalue weighted by Crippen LogP contribution is -2.46. The topological polar surface area (TPSA) is 60.4 Å². The van der Waals surface area contributed by atoms with Gasteiger partial charge in [0.25, 0.3) is 10.1 Å². The second kappa shape index (κ2) is 3.61. The van der Waals surface area contributed by atoms with Gasteiger partial charge < -0.3 is 0 Å². The molecule has 2 bridgehead atoms. The molecule has 0 heterocycles. The molecule has 0 aliphatic heterocycles. The highest BCUT2D eigenvalue weighted by Crippen LogP contribution is 2.65. The number of fused-ring (bicyclic) bond motifs is 1. The Morgan fingerprint density at radius 3 is 2.61 bits per heavy atom. The van der Waals surface area contributed by atoms with Crippen molar-refractivity contribution in [3.8, 4) is 0 Å². The van der Waals surface area contributed by atoms with Crippen molar-refractivity contribution < 1.29 is 17.4 Å². The standard InChI is InChI=1S/C12H16O4S2/c1-6-7-4-5-8-9(7)11(16-18(3,14)15)12(6,17-2)10(8)13/h4-9,11H,1-3H3/t6-,7+,8+,9+,11-,12-/m0/s1. The Balaban J connectivity index is 2.09. The summed E-state index contributed by atoms with van der Waals surface area (Å²) in [7, 11) is -3.54. The highest BCUT2D eigenvalue weighted by molar-refractivity contribution is 8.00. The molecule has 0 aromatic carbocycles. The number of thioether (sulfide) groups is 1. The Bertz CT molecular complexity index is 538. The Labute approximate surface area is 111 Å². The van der Waals surface area contributed by atoms with E-state index in [4.69, 9.17) is 4.18 Å². The lowest BCUT2D eigenvalue weighted by molar-refractivity contribution is -0.124. The number of rotatable bonds is 3. The summed E-state index contributed by atoms with van der Waals surface area (Å²) in [5.41, 5.74) is 0. The van der Waals surface area contributed by atoms with E-state index in [1.54, 1.807) is 0 Å². The molecule has 4 nitrogen and oxygen atoms in total. The third-order valence-electron chi connectivity index (χ3n) is 4.73. The summed E-state index contributed by atoms with van der Waals surface area (Å²) in [5.74, 6) is 0.407. The van der Waals surface area contributed by atoms with Crippen molar-refractivity contribution in [1.82, 2.24) is 0 Å². The van der Waals surface area contributed by atoms with E-state index in [-0.39, 0.29) is 29.5 Å². The van der Waals surface area contributed by atoms with Crippen LogP contribution in [0.1, 0.15) is 6.92 Å². The van der Waals surface area contributed by atoms with Crippen molar-refractivity contribution in [2.24, 2.45) is 23.7 Å². The minimum atomic E-state index is -3.54. The van der Waals surface area contributed by atoms with Gasteiger partial charge in [-0.1, -0.05) is 19.1 Å². The van der Waals surface area contributed by atoms with Gasteiger partial charge in [0.15, 0.2) is 5.78 Å². The summed E-state index contributed by atoms with van der Waals surface area (Å²) in [5, 5.41) is 0. The number of Topliss-reactive ketones (excluding diaryl/α,β-unsaturated/α-hetero) is 1. The van der Waals surface area contributed by atoms with Crippen LogP contribution in [0.3, 0.4) is 0 Å². The maximum atomic E-state index is 12.5. The van der Waals surface area contributed by atoms with Gasteiger partial charge in [0.1, 0.15) is 10.9 Å². The average Bonchev–Trinajstić information content (AvgIpc) is 2.81. The van der Waals surface area contributed by atoms with E-state index in [0.29, 0.717) is 0 Å². The van der Waals surface area contributed by atoms with E-state index in [1.165, 1.54) is 11.8 Å². The molecular weight excluding hydrogens is 272 g/mol. The molecule has 3 aliphatic carbocycles. The first-order valence-corrected chi connectivity index (χ1v) is 9.03. The maximum Gasteiger partial charge on any atom is 0.264 e. The molecule has 0 radical (unpaired) electrons. The minimum Gasteiger partial charge on any atom is -0.297 e. The van der Waals surface area contributed by atoms with Crippen molar-refractivity contribution in [2.75, 3.05) is 12.5 Å². The van der Waals surface area contributed by atoms with Crippen molar-refractivity contribution in [3.63, 3.8) is 0 Å². The lowest BCUT2D eigenvalue weighted by atomic mass is 9.79. The number of carbonyl (C=O) groups excluding carboxylic acids is 1. The third kappa shape index (κ3) is 1.31. The SMILES string of the molecule is CS[C@@]12C(=O)[C@@H]3C=C[C@@H]([C@H]3[C@@H]1OS(C)(=O)=O)[C@@H]2C. The van der Waals surface area contributed by atoms with Crippen LogP contribution < -0.4 is 0 Å². The normalized spacial score (nSPS) is 49.3. The van der Waals surface area contributed by atoms with Crippen LogP contribution in [0.25, 0.3) is 0 Å². The smallest absolute Gasteiger partial charge is 0.264 e. The molecule has 18 heavy (non-hydrogen) atoms. The third-order valence-corrected chi connectivity index (χ3v) is 6.77. The van der Waals surface area contributed by atoms with E-state index in [9.17, 15) is 13.2 Å². The summed E-state index contributed by atoms with van der Waals surface area (Å²) in [6, 6.07) is 0. The van der Waals surface area contributed by atoms with Gasteiger partial charge in [0.05, 0.1) is 6.26 Å². The van der Waals surface area contributed by atoms with Gasteiger partial charge >= 0.3 is 0 Å². The fourth-order valence-electron chi connectivity index (χ4n) is 4.08. The molecule has 0 saturated heterocycles. The second-order valence-electron chi connectivity index (χ2n) is 5.44. The molecule has 2 saturated carbocycles. The van der Waals surface area contributed by atoms with E-state index in [1.807, 2.05) is 19.3 Å². The maximum absolute atomic E-state index is 12.5. The van der Waals surface area contributed by atoms with Crippen LogP contribution in [0, 0.1) is 23.7 Å². The molecule has 0 unspecified atom stereocenters. The molecule has 0 aromatic heterocycles. The number of ketones is 1. The van der Waals surface area contributed by atoms with Crippen LogP contribution in [-0.2, 0) is 19.1 Å². The van der Waals surface area contributed by atoms with Crippen LogP contribution in [0.4, 0.5) is 0 Å². The largest absolute Gasteiger partial charge is 0.297 e. The average molecular weight is 288 g/mol. The minimum absolute atomic E-state index is 0.00896. The summed E-state index contributed by atoms with van der Waals surface area (Å²) >= 11 is 1.46. The molecule has 0 aromatic rings. The zero-order chi connectivity index (χ0) is 13.3. The fraction of sp³-hybridized carbons (Fsp3) is 0.750. The van der Waals surface area contributed by atoms with E-state index in [0.717, 1.165) is 6.26 Å². The molecule has 6 heteroatoms. The number of hydrogen-bond acceptors (Lipinski definition) is 5. The van der Waals surface area contributed by atoms with Crippen molar-refractivity contribution >= 4 is 27.7 Å². The Kier molecular flexibility index (Phi) is 2.55. The quantitative estimate of drug-likeness (QED) is 0.574. The van der Waals surface area contributed by atoms with Gasteiger partial charge in [-0.15, -0.1) is 11.8 Å². The van der Waals surface area contributed by atoms with Crippen LogP contribution in [0.2, 0.25) is 0 Å². The monoisotopic (exact) mass is 288 g/mol. The van der Waals surface area contributed by atoms with Gasteiger partial charge in [0, 0.05) is 11.8 Å². The Morgan fingerprint density at radius 1 is 1.39 bits per heavy atom. The molecule has 3 aliphatic rings. The van der Waals surface area contributed by atoms with Gasteiger partial charge in [0.2, 0.25) is 0 Å². The van der Waals surface area contributed by atoms with Crippen molar-refractivity contribution in [1.29, 1.82) is 0 Å².